The van der Waals surface area contributed by atoms with Gasteiger partial charge in [0.1, 0.15) is 22.9 Å². The number of nitrogens with one attached hydrogen (secondary N) is 3. The number of methoxy groups -OCH3 is 2. The lowest BCUT2D eigenvalue weighted by Crippen LogP contribution is -2.30. The van der Waals surface area contributed by atoms with Crippen molar-refractivity contribution in [3.63, 3.8) is 0 Å². The second-order valence-corrected chi connectivity index (χ2v) is 14.2. The lowest BCUT2D eigenvalue weighted by molar-refractivity contribution is -0.121. The number of carboxylic acids is 1. The molecule has 1 aromatic heterocycles. The van der Waals surface area contributed by atoms with Crippen molar-refractivity contribution in [2.75, 3.05) is 50.7 Å². The number of hydrogen-bond donors (Lipinski definition) is 7. The van der Waals surface area contributed by atoms with Gasteiger partial charge in [-0.3, -0.25) is 9.59 Å². The highest BCUT2D eigenvalue weighted by atomic mass is 32.1. The number of phenols is 1. The van der Waals surface area contributed by atoms with Crippen molar-refractivity contribution in [2.45, 2.75) is 38.5 Å². The molecule has 6 rings (SSSR count). The van der Waals surface area contributed by atoms with Gasteiger partial charge in [0.25, 0.3) is 0 Å². The molecule has 0 fully saturated rings. The molecular weight excluding hydrogens is 791 g/mol. The van der Waals surface area contributed by atoms with E-state index in [-0.39, 0.29) is 34.4 Å². The first-order valence-electron chi connectivity index (χ1n) is 19.1. The van der Waals surface area contributed by atoms with Gasteiger partial charge in [-0.1, -0.05) is 6.07 Å². The number of hydrogen-bond acceptors (Lipinski definition) is 13. The molecule has 1 amide bonds. The van der Waals surface area contributed by atoms with E-state index in [0.717, 1.165) is 12.0 Å². The van der Waals surface area contributed by atoms with Gasteiger partial charge in [-0.15, -0.1) is 0 Å². The molecule has 60 heavy (non-hydrogen) atoms. The topological polar surface area (TPSA) is 246 Å². The van der Waals surface area contributed by atoms with E-state index in [1.807, 2.05) is 12.1 Å². The maximum absolute atomic E-state index is 12.5. The summed E-state index contributed by atoms with van der Waals surface area (Å²) in [6.07, 6.45) is 5.07. The van der Waals surface area contributed by atoms with Crippen LogP contribution >= 0.6 is 12.2 Å². The molecule has 0 spiro atoms. The largest absolute Gasteiger partial charge is 0.508 e. The number of carbonyl (C=O) groups is 2. The van der Waals surface area contributed by atoms with Crippen LogP contribution in [-0.4, -0.2) is 71.1 Å². The molecule has 0 unspecified atom stereocenters. The summed E-state index contributed by atoms with van der Waals surface area (Å²) in [6, 6.07) is 17.4. The van der Waals surface area contributed by atoms with Gasteiger partial charge in [0.15, 0.2) is 22.0 Å². The monoisotopic (exact) mass is 835 g/mol. The molecule has 1 aliphatic heterocycles. The molecule has 0 bridgehead atoms. The molecule has 312 valence electrons. The molecule has 0 saturated heterocycles. The lowest BCUT2D eigenvalue weighted by Gasteiger charge is -2.18. The van der Waals surface area contributed by atoms with E-state index in [0.29, 0.717) is 119 Å². The number of anilines is 3. The number of thiocarbonyl (C=S) groups is 1. The van der Waals surface area contributed by atoms with E-state index >= 15 is 0 Å². The number of nitrogens with two attached hydrogens (primary N) is 2. The molecule has 3 aromatic carbocycles. The van der Waals surface area contributed by atoms with Crippen LogP contribution in [0, 0.1) is 0 Å². The summed E-state index contributed by atoms with van der Waals surface area (Å²) in [4.78, 5) is 45.2. The minimum atomic E-state index is -1.16. The van der Waals surface area contributed by atoms with Gasteiger partial charge in [-0.2, -0.15) is 4.98 Å². The second-order valence-electron chi connectivity index (χ2n) is 13.8. The fraction of sp³-hybridized carbons (Fsp3) is 0.256. The predicted octanol–water partition coefficient (Wildman–Crippen LogP) is 5.96. The van der Waals surface area contributed by atoms with E-state index < -0.39 is 5.97 Å². The first kappa shape index (κ1) is 42.5. The van der Waals surface area contributed by atoms with Crippen molar-refractivity contribution < 1.29 is 38.4 Å². The zero-order valence-corrected chi connectivity index (χ0v) is 33.8. The van der Waals surface area contributed by atoms with Crippen molar-refractivity contribution in [1.29, 1.82) is 0 Å². The Kier molecular flexibility index (Phi) is 13.8. The zero-order chi connectivity index (χ0) is 42.8. The van der Waals surface area contributed by atoms with Crippen LogP contribution in [0.25, 0.3) is 33.4 Å². The van der Waals surface area contributed by atoms with Crippen LogP contribution < -0.4 is 47.1 Å². The van der Waals surface area contributed by atoms with Crippen molar-refractivity contribution in [2.24, 2.45) is 0 Å². The number of carboxylic acid groups (broad SMARTS) is 1. The van der Waals surface area contributed by atoms with Gasteiger partial charge in [0.05, 0.1) is 26.4 Å². The molecule has 2 heterocycles. The van der Waals surface area contributed by atoms with Crippen LogP contribution in [0.15, 0.2) is 82.1 Å². The summed E-state index contributed by atoms with van der Waals surface area (Å²) >= 11 is 5.47. The Morgan fingerprint density at radius 2 is 1.62 bits per heavy atom. The van der Waals surface area contributed by atoms with E-state index in [1.165, 1.54) is 30.3 Å². The number of amides is 1. The Bertz CT molecular complexity index is 2540. The van der Waals surface area contributed by atoms with Crippen molar-refractivity contribution in [3.05, 3.63) is 99.8 Å². The average molecular weight is 836 g/mol. The Labute approximate surface area is 350 Å². The van der Waals surface area contributed by atoms with E-state index in [1.54, 1.807) is 44.7 Å². The molecule has 4 aromatic rings. The van der Waals surface area contributed by atoms with Gasteiger partial charge in [-0.05, 0) is 97.6 Å². The molecular formula is C43H45N7O9S. The Hall–Kier alpha value is -7.14. The predicted molar refractivity (Wildman–Crippen MR) is 232 cm³/mol. The van der Waals surface area contributed by atoms with E-state index in [4.69, 9.17) is 42.3 Å². The van der Waals surface area contributed by atoms with Crippen LogP contribution in [0.5, 0.6) is 23.0 Å². The van der Waals surface area contributed by atoms with Crippen LogP contribution in [0.3, 0.4) is 0 Å². The average Bonchev–Trinajstić information content (AvgIpc) is 3.22. The lowest BCUT2D eigenvalue weighted by atomic mass is 9.90. The van der Waals surface area contributed by atoms with Gasteiger partial charge in [0, 0.05) is 72.0 Å². The van der Waals surface area contributed by atoms with Crippen LogP contribution in [0.1, 0.15) is 53.6 Å². The summed E-state index contributed by atoms with van der Waals surface area (Å²) in [5.41, 5.74) is 15.2. The summed E-state index contributed by atoms with van der Waals surface area (Å²) in [5, 5.41) is 30.3. The summed E-state index contributed by atoms with van der Waals surface area (Å²) in [5.74, 6) is 0.877. The van der Waals surface area contributed by atoms with Gasteiger partial charge < -0.3 is 56.3 Å². The highest BCUT2D eigenvalue weighted by Crippen LogP contribution is 2.43. The number of fused-ring (bicyclic) bond motifs is 2. The van der Waals surface area contributed by atoms with Crippen LogP contribution in [-0.2, 0) is 11.2 Å². The summed E-state index contributed by atoms with van der Waals surface area (Å²) in [6.45, 7) is 1.38. The minimum absolute atomic E-state index is 0.000680. The third-order valence-electron chi connectivity index (χ3n) is 9.54. The highest BCUT2D eigenvalue weighted by Gasteiger charge is 2.23. The summed E-state index contributed by atoms with van der Waals surface area (Å²) in [7, 11) is 3.09. The Morgan fingerprint density at radius 3 is 2.33 bits per heavy atom. The normalized spacial score (nSPS) is 11.0. The third-order valence-corrected chi connectivity index (χ3v) is 9.79. The maximum atomic E-state index is 12.5. The number of phenolic OH excluding ortho intramolecular Hbond substituents is 1. The molecule has 1 aliphatic carbocycles. The van der Waals surface area contributed by atoms with Crippen molar-refractivity contribution in [3.8, 4) is 45.4 Å². The first-order chi connectivity index (χ1) is 28.9. The van der Waals surface area contributed by atoms with Gasteiger partial charge in [-0.25, -0.2) is 9.78 Å². The minimum Gasteiger partial charge on any atom is -0.508 e. The molecule has 17 heteroatoms. The molecule has 0 atom stereocenters. The van der Waals surface area contributed by atoms with Crippen LogP contribution in [0.2, 0.25) is 0 Å². The first-order valence-corrected chi connectivity index (χ1v) is 19.5. The van der Waals surface area contributed by atoms with Gasteiger partial charge in [0.2, 0.25) is 17.6 Å². The van der Waals surface area contributed by atoms with Crippen molar-refractivity contribution >= 4 is 57.6 Å². The van der Waals surface area contributed by atoms with Gasteiger partial charge >= 0.3 is 5.97 Å². The number of aromatic nitrogens is 2. The van der Waals surface area contributed by atoms with E-state index in [9.17, 15) is 24.6 Å². The molecule has 16 nitrogen and oxygen atoms in total. The fourth-order valence-corrected chi connectivity index (χ4v) is 6.86. The van der Waals surface area contributed by atoms with Crippen LogP contribution in [0.4, 0.5) is 17.5 Å². The number of nitrogens with zero attached hydrogens (tertiary/aromatic N) is 2. The number of rotatable bonds is 18. The van der Waals surface area contributed by atoms with E-state index in [2.05, 4.69) is 25.9 Å². The molecule has 0 saturated carbocycles. The maximum Gasteiger partial charge on any atom is 0.336 e. The number of aromatic hydroxyl groups is 1. The highest BCUT2D eigenvalue weighted by molar-refractivity contribution is 7.80. The number of nitrogen functional groups attached to an aromatic ring is 2. The zero-order valence-electron chi connectivity index (χ0n) is 33.0. The number of ether oxygens (including phenoxy) is 3. The number of benzene rings is 4. The fourth-order valence-electron chi connectivity index (χ4n) is 6.64. The van der Waals surface area contributed by atoms with Crippen molar-refractivity contribution in [1.82, 2.24) is 20.6 Å². The smallest absolute Gasteiger partial charge is 0.336 e. The standard InChI is InChI=1S/C43H45N7O9S/c1-56-35-18-24(17-25-23-48-42(45)50-40(25)44)19-36(57-2)39(35)58-16-6-3-7-37(53)46-14-4-5-15-47-43(60)49-26-8-11-29(32(20-26)41(54)55)38-30-12-9-27(51)21-33(30)59-34-22-28(52)10-13-31(34)38/h8-13,18-23,51H,3-7,14-17H2,1-2H3,(H,46,53)(H,54,55)(H2,47,49,60)(H4,44,45,48,50). The number of aromatic carboxylic acids is 1. The SMILES string of the molecule is COc1cc(Cc2cnc(N)nc2N)cc(OC)c1OCCCCC(=O)NCCCCNC(=S)Nc1ccc(-c2c3ccc(=O)cc-3oc3cc(O)ccc23)c(C(=O)O)c1. The third kappa shape index (κ3) is 10.5. The number of unbranched alkanes of at least 4 members (excludes halogenated alkanes) is 2. The summed E-state index contributed by atoms with van der Waals surface area (Å²) < 4.78 is 23.1. The molecule has 0 radical (unpaired) electrons. The second kappa shape index (κ2) is 19.5. The number of carbonyl (C=O) groups excluding carboxylic acids is 1. The quantitative estimate of drug-likeness (QED) is 0.0300. The molecule has 9 N–H and O–H groups in total. The Balaban J connectivity index is 0.922. The molecule has 2 aliphatic rings. The Morgan fingerprint density at radius 1 is 0.883 bits per heavy atom.